The lowest BCUT2D eigenvalue weighted by atomic mass is 10.1. The molecule has 114 valence electrons. The largest absolute Gasteiger partial charge is 0.501 e. The monoisotopic (exact) mass is 278 g/mol. The summed E-state index contributed by atoms with van der Waals surface area (Å²) < 4.78 is 5.09. The lowest BCUT2D eigenvalue weighted by Gasteiger charge is -2.02. The van der Waals surface area contributed by atoms with E-state index in [4.69, 9.17) is 4.74 Å². The van der Waals surface area contributed by atoms with Crippen LogP contribution in [0.1, 0.15) is 53.9 Å². The SMILES string of the molecule is CCC/C(=C/C(C)=NCCN=C(C)/C=C(/C)OC)CC. The average molecular weight is 278 g/mol. The Morgan fingerprint density at radius 3 is 1.95 bits per heavy atom. The zero-order valence-corrected chi connectivity index (χ0v) is 14.0. The number of nitrogens with zero attached hydrogens (tertiary/aromatic N) is 2. The van der Waals surface area contributed by atoms with Crippen molar-refractivity contribution >= 4 is 11.4 Å². The van der Waals surface area contributed by atoms with Crippen molar-refractivity contribution in [3.8, 4) is 0 Å². The molecule has 0 aromatic carbocycles. The third kappa shape index (κ3) is 9.54. The fourth-order valence-corrected chi connectivity index (χ4v) is 1.86. The number of hydrogen-bond donors (Lipinski definition) is 0. The van der Waals surface area contributed by atoms with Crippen LogP contribution in [0.2, 0.25) is 0 Å². The summed E-state index contributed by atoms with van der Waals surface area (Å²) in [6.45, 7) is 11.8. The zero-order chi connectivity index (χ0) is 15.4. The molecule has 0 atom stereocenters. The van der Waals surface area contributed by atoms with Crippen LogP contribution in [0.15, 0.2) is 33.5 Å². The minimum Gasteiger partial charge on any atom is -0.501 e. The zero-order valence-electron chi connectivity index (χ0n) is 14.0. The fourth-order valence-electron chi connectivity index (χ4n) is 1.86. The summed E-state index contributed by atoms with van der Waals surface area (Å²) in [6, 6.07) is 0. The minimum absolute atomic E-state index is 0.722. The van der Waals surface area contributed by atoms with Crippen molar-refractivity contribution in [2.24, 2.45) is 9.98 Å². The molecule has 0 N–H and O–H groups in total. The fraction of sp³-hybridized carbons (Fsp3) is 0.647. The van der Waals surface area contributed by atoms with Crippen LogP contribution in [0.3, 0.4) is 0 Å². The lowest BCUT2D eigenvalue weighted by molar-refractivity contribution is 0.294. The normalized spacial score (nSPS) is 14.7. The summed E-state index contributed by atoms with van der Waals surface area (Å²) in [7, 11) is 1.67. The van der Waals surface area contributed by atoms with Crippen LogP contribution in [0, 0.1) is 0 Å². The quantitative estimate of drug-likeness (QED) is 0.345. The summed E-state index contributed by atoms with van der Waals surface area (Å²) in [4.78, 5) is 9.00. The van der Waals surface area contributed by atoms with Gasteiger partial charge < -0.3 is 4.74 Å². The average Bonchev–Trinajstić information content (AvgIpc) is 2.42. The van der Waals surface area contributed by atoms with E-state index in [0.29, 0.717) is 0 Å². The highest BCUT2D eigenvalue weighted by Gasteiger charge is 1.94. The van der Waals surface area contributed by atoms with Gasteiger partial charge in [-0.05, 0) is 45.8 Å². The van der Waals surface area contributed by atoms with Crippen LogP contribution < -0.4 is 0 Å². The molecular formula is C17H30N2O. The molecule has 0 unspecified atom stereocenters. The molecule has 0 aliphatic carbocycles. The molecule has 0 bridgehead atoms. The Hall–Kier alpha value is -1.38. The van der Waals surface area contributed by atoms with Crippen LogP contribution in [-0.4, -0.2) is 31.6 Å². The maximum atomic E-state index is 5.09. The highest BCUT2D eigenvalue weighted by molar-refractivity contribution is 5.94. The number of rotatable bonds is 9. The molecule has 0 spiro atoms. The van der Waals surface area contributed by atoms with Gasteiger partial charge in [-0.3, -0.25) is 9.98 Å². The van der Waals surface area contributed by atoms with Crippen LogP contribution in [-0.2, 0) is 4.74 Å². The number of allylic oxidation sites excluding steroid dienone is 4. The van der Waals surface area contributed by atoms with Gasteiger partial charge in [0.25, 0.3) is 0 Å². The molecule has 0 heterocycles. The first-order valence-corrected chi connectivity index (χ1v) is 7.47. The Kier molecular flexibility index (Phi) is 10.7. The van der Waals surface area contributed by atoms with Gasteiger partial charge in [-0.25, -0.2) is 0 Å². The van der Waals surface area contributed by atoms with Crippen LogP contribution >= 0.6 is 0 Å². The van der Waals surface area contributed by atoms with E-state index in [1.807, 2.05) is 19.9 Å². The van der Waals surface area contributed by atoms with Crippen molar-refractivity contribution in [1.82, 2.24) is 0 Å². The Morgan fingerprint density at radius 1 is 0.950 bits per heavy atom. The van der Waals surface area contributed by atoms with E-state index < -0.39 is 0 Å². The lowest BCUT2D eigenvalue weighted by Crippen LogP contribution is -1.97. The first-order chi connectivity index (χ1) is 9.53. The van der Waals surface area contributed by atoms with Gasteiger partial charge in [0.05, 0.1) is 26.0 Å². The molecule has 0 rings (SSSR count). The van der Waals surface area contributed by atoms with Gasteiger partial charge in [-0.15, -0.1) is 0 Å². The second-order valence-corrected chi connectivity index (χ2v) is 4.91. The van der Waals surface area contributed by atoms with E-state index in [0.717, 1.165) is 36.7 Å². The maximum absolute atomic E-state index is 5.09. The molecule has 0 fully saturated rings. The highest BCUT2D eigenvalue weighted by Crippen LogP contribution is 2.09. The third-order valence-electron chi connectivity index (χ3n) is 2.99. The van der Waals surface area contributed by atoms with Gasteiger partial charge >= 0.3 is 0 Å². The van der Waals surface area contributed by atoms with Gasteiger partial charge in [0.1, 0.15) is 0 Å². The smallest absolute Gasteiger partial charge is 0.0942 e. The van der Waals surface area contributed by atoms with Crippen LogP contribution in [0.4, 0.5) is 0 Å². The number of aliphatic imine (C=N–C) groups is 2. The van der Waals surface area contributed by atoms with Crippen molar-refractivity contribution in [2.75, 3.05) is 20.2 Å². The van der Waals surface area contributed by atoms with E-state index in [9.17, 15) is 0 Å². The predicted octanol–water partition coefficient (Wildman–Crippen LogP) is 4.59. The Labute approximate surface area is 124 Å². The van der Waals surface area contributed by atoms with Gasteiger partial charge in [0.15, 0.2) is 0 Å². The highest BCUT2D eigenvalue weighted by atomic mass is 16.5. The molecule has 0 aliphatic heterocycles. The second-order valence-electron chi connectivity index (χ2n) is 4.91. The molecule has 0 saturated heterocycles. The third-order valence-corrected chi connectivity index (χ3v) is 2.99. The van der Waals surface area contributed by atoms with Crippen molar-refractivity contribution in [3.63, 3.8) is 0 Å². The van der Waals surface area contributed by atoms with Crippen molar-refractivity contribution in [3.05, 3.63) is 23.5 Å². The van der Waals surface area contributed by atoms with Crippen molar-refractivity contribution < 1.29 is 4.74 Å². The van der Waals surface area contributed by atoms with Gasteiger partial charge in [0, 0.05) is 11.4 Å². The first kappa shape index (κ1) is 18.6. The Morgan fingerprint density at radius 2 is 1.50 bits per heavy atom. The Balaban J connectivity index is 4.33. The van der Waals surface area contributed by atoms with E-state index in [2.05, 4.69) is 36.8 Å². The van der Waals surface area contributed by atoms with E-state index in [-0.39, 0.29) is 0 Å². The topological polar surface area (TPSA) is 34.0 Å². The number of ether oxygens (including phenoxy) is 1. The summed E-state index contributed by atoms with van der Waals surface area (Å²) in [5.41, 5.74) is 3.56. The van der Waals surface area contributed by atoms with E-state index in [1.165, 1.54) is 18.4 Å². The summed E-state index contributed by atoms with van der Waals surface area (Å²) in [5.74, 6) is 0.876. The molecule has 0 radical (unpaired) electrons. The first-order valence-electron chi connectivity index (χ1n) is 7.47. The number of methoxy groups -OCH3 is 1. The second kappa shape index (κ2) is 11.4. The summed E-state index contributed by atoms with van der Waals surface area (Å²) in [5, 5.41) is 0. The van der Waals surface area contributed by atoms with Crippen LogP contribution in [0.5, 0.6) is 0 Å². The molecule has 3 nitrogen and oxygen atoms in total. The summed E-state index contributed by atoms with van der Waals surface area (Å²) in [6.07, 6.45) is 7.63. The Bertz CT molecular complexity index is 390. The van der Waals surface area contributed by atoms with Gasteiger partial charge in [-0.2, -0.15) is 0 Å². The molecule has 0 aromatic heterocycles. The van der Waals surface area contributed by atoms with E-state index >= 15 is 0 Å². The number of hydrogen-bond acceptors (Lipinski definition) is 3. The summed E-state index contributed by atoms with van der Waals surface area (Å²) >= 11 is 0. The van der Waals surface area contributed by atoms with Gasteiger partial charge in [0.2, 0.25) is 0 Å². The van der Waals surface area contributed by atoms with Crippen LogP contribution in [0.25, 0.3) is 0 Å². The van der Waals surface area contributed by atoms with Crippen molar-refractivity contribution in [1.29, 1.82) is 0 Å². The molecule has 0 saturated carbocycles. The molecule has 20 heavy (non-hydrogen) atoms. The van der Waals surface area contributed by atoms with E-state index in [1.54, 1.807) is 7.11 Å². The standard InChI is InChI=1S/C17H30N2O/c1-7-9-17(8-2)13-15(4)19-11-10-18-14(3)12-16(5)20-6/h12-13H,7-11H2,1-6H3/b16-12-,17-13+,18-14?,19-15?. The van der Waals surface area contributed by atoms with Crippen molar-refractivity contribution in [2.45, 2.75) is 53.9 Å². The minimum atomic E-state index is 0.722. The molecular weight excluding hydrogens is 248 g/mol. The molecule has 0 aromatic rings. The molecule has 0 aliphatic rings. The van der Waals surface area contributed by atoms with Gasteiger partial charge in [-0.1, -0.05) is 25.8 Å². The molecule has 0 amide bonds. The molecule has 3 heteroatoms. The maximum Gasteiger partial charge on any atom is 0.0942 e. The predicted molar refractivity (Wildman–Crippen MR) is 90.0 cm³/mol.